The maximum absolute atomic E-state index is 12.7. The summed E-state index contributed by atoms with van der Waals surface area (Å²) in [5.74, 6) is 0.595. The number of nitrogens with zero attached hydrogens (tertiary/aromatic N) is 2. The third kappa shape index (κ3) is 1.77. The number of aromatic nitrogens is 2. The zero-order valence-electron chi connectivity index (χ0n) is 12.3. The Morgan fingerprint density at radius 2 is 1.73 bits per heavy atom. The van der Waals surface area contributed by atoms with Crippen LogP contribution in [0.2, 0.25) is 0 Å². The molecule has 4 rings (SSSR count). The second-order valence-electron chi connectivity index (χ2n) is 5.43. The van der Waals surface area contributed by atoms with Crippen LogP contribution in [0.25, 0.3) is 27.9 Å². The van der Waals surface area contributed by atoms with E-state index in [0.717, 1.165) is 22.2 Å². The topological polar surface area (TPSA) is 48.0 Å². The summed E-state index contributed by atoms with van der Waals surface area (Å²) >= 11 is 0. The minimum atomic E-state index is -0.147. The van der Waals surface area contributed by atoms with E-state index in [1.165, 1.54) is 4.68 Å². The second kappa shape index (κ2) is 4.56. The molecule has 0 spiro atoms. The van der Waals surface area contributed by atoms with Crippen LogP contribution in [0, 0.1) is 13.8 Å². The van der Waals surface area contributed by atoms with Gasteiger partial charge in [0.1, 0.15) is 22.6 Å². The van der Waals surface area contributed by atoms with E-state index in [9.17, 15) is 4.79 Å². The van der Waals surface area contributed by atoms with E-state index >= 15 is 0 Å². The third-order valence-corrected chi connectivity index (χ3v) is 3.88. The molecule has 108 valence electrons. The number of rotatable bonds is 1. The highest BCUT2D eigenvalue weighted by Gasteiger charge is 2.22. The molecule has 2 aromatic rings. The number of aryl methyl sites for hydroxylation is 2. The minimum Gasteiger partial charge on any atom is -0.460 e. The summed E-state index contributed by atoms with van der Waals surface area (Å²) in [5.41, 5.74) is 3.72. The van der Waals surface area contributed by atoms with Crippen LogP contribution in [0.3, 0.4) is 0 Å². The van der Waals surface area contributed by atoms with Gasteiger partial charge in [0.25, 0.3) is 5.56 Å². The van der Waals surface area contributed by atoms with E-state index in [-0.39, 0.29) is 5.56 Å². The summed E-state index contributed by atoms with van der Waals surface area (Å²) in [7, 11) is 0. The molecule has 0 bridgehead atoms. The van der Waals surface area contributed by atoms with Gasteiger partial charge in [0.15, 0.2) is 0 Å². The Bertz CT molecular complexity index is 1010. The molecular weight excluding hydrogens is 276 g/mol. The molecule has 22 heavy (non-hydrogen) atoms. The molecule has 4 heteroatoms. The predicted molar refractivity (Wildman–Crippen MR) is 85.7 cm³/mol. The van der Waals surface area contributed by atoms with E-state index in [4.69, 9.17) is 4.42 Å². The Morgan fingerprint density at radius 1 is 1.00 bits per heavy atom. The second-order valence-corrected chi connectivity index (χ2v) is 5.43. The predicted octanol–water partition coefficient (Wildman–Crippen LogP) is 3.70. The van der Waals surface area contributed by atoms with Gasteiger partial charge in [-0.15, -0.1) is 0 Å². The van der Waals surface area contributed by atoms with E-state index < -0.39 is 0 Å². The van der Waals surface area contributed by atoms with Crippen molar-refractivity contribution in [3.63, 3.8) is 0 Å². The largest absolute Gasteiger partial charge is 0.460 e. The Balaban J connectivity index is 2.10. The van der Waals surface area contributed by atoms with E-state index in [0.29, 0.717) is 17.0 Å². The average molecular weight is 290 g/mol. The SMILES string of the molecule is Cc1ccc(-n2nc3c4ccccc4oc(C)c-3c2=O)cc1. The van der Waals surface area contributed by atoms with Crippen molar-refractivity contribution in [3.05, 3.63) is 70.2 Å². The highest BCUT2D eigenvalue weighted by Crippen LogP contribution is 2.30. The fraction of sp³-hybridized carbons (Fsp3) is 0.111. The Kier molecular flexibility index (Phi) is 2.66. The van der Waals surface area contributed by atoms with Crippen LogP contribution in [0.5, 0.6) is 0 Å². The van der Waals surface area contributed by atoms with Crippen LogP contribution in [-0.2, 0) is 0 Å². The molecule has 0 N–H and O–H groups in total. The van der Waals surface area contributed by atoms with Gasteiger partial charge in [0.05, 0.1) is 5.69 Å². The summed E-state index contributed by atoms with van der Waals surface area (Å²) in [6.45, 7) is 3.81. The first-order valence-electron chi connectivity index (χ1n) is 7.13. The number of hydrogen-bond acceptors (Lipinski definition) is 3. The molecule has 4 nitrogen and oxygen atoms in total. The number of hydrogen-bond donors (Lipinski definition) is 0. The molecule has 0 unspecified atom stereocenters. The highest BCUT2D eigenvalue weighted by atomic mass is 16.3. The van der Waals surface area contributed by atoms with Gasteiger partial charge < -0.3 is 4.42 Å². The number of benzene rings is 2. The summed E-state index contributed by atoms with van der Waals surface area (Å²) in [6, 6.07) is 15.4. The molecule has 0 atom stereocenters. The summed E-state index contributed by atoms with van der Waals surface area (Å²) in [4.78, 5) is 12.7. The quantitative estimate of drug-likeness (QED) is 0.537. The van der Waals surface area contributed by atoms with Gasteiger partial charge in [-0.25, -0.2) is 0 Å². The number of fused-ring (bicyclic) bond motifs is 3. The van der Waals surface area contributed by atoms with E-state index in [1.807, 2.05) is 55.5 Å². The van der Waals surface area contributed by atoms with Crippen molar-refractivity contribution in [2.45, 2.75) is 13.8 Å². The average Bonchev–Trinajstić information content (AvgIpc) is 2.87. The molecule has 0 aliphatic carbocycles. The van der Waals surface area contributed by atoms with Crippen molar-refractivity contribution < 1.29 is 4.42 Å². The van der Waals surface area contributed by atoms with Crippen molar-refractivity contribution >= 4 is 11.0 Å². The summed E-state index contributed by atoms with van der Waals surface area (Å²) in [5, 5.41) is 5.40. The Labute approximate surface area is 127 Å². The lowest BCUT2D eigenvalue weighted by Gasteiger charge is -2.04. The molecule has 0 fully saturated rings. The molecule has 2 heterocycles. The summed E-state index contributed by atoms with van der Waals surface area (Å²) in [6.07, 6.45) is 0. The van der Waals surface area contributed by atoms with E-state index in [2.05, 4.69) is 5.10 Å². The van der Waals surface area contributed by atoms with Crippen molar-refractivity contribution in [1.29, 1.82) is 0 Å². The normalized spacial score (nSPS) is 11.4. The van der Waals surface area contributed by atoms with Crippen LogP contribution in [0.4, 0.5) is 0 Å². The lowest BCUT2D eigenvalue weighted by molar-refractivity contribution is 0.567. The fourth-order valence-electron chi connectivity index (χ4n) is 2.74. The molecule has 2 aliphatic heterocycles. The molecule has 0 aromatic heterocycles. The molecule has 2 aromatic carbocycles. The monoisotopic (exact) mass is 290 g/mol. The maximum Gasteiger partial charge on any atom is 0.284 e. The molecule has 0 saturated heterocycles. The highest BCUT2D eigenvalue weighted by molar-refractivity contribution is 5.92. The zero-order valence-corrected chi connectivity index (χ0v) is 12.3. The van der Waals surface area contributed by atoms with Gasteiger partial charge >= 0.3 is 0 Å². The number of para-hydroxylation sites is 1. The van der Waals surface area contributed by atoms with Gasteiger partial charge in [-0.1, -0.05) is 29.8 Å². The van der Waals surface area contributed by atoms with Crippen molar-refractivity contribution in [2.75, 3.05) is 0 Å². The van der Waals surface area contributed by atoms with Crippen molar-refractivity contribution in [1.82, 2.24) is 9.78 Å². The molecule has 0 radical (unpaired) electrons. The fourth-order valence-corrected chi connectivity index (χ4v) is 2.74. The lowest BCUT2D eigenvalue weighted by Crippen LogP contribution is -2.14. The van der Waals surface area contributed by atoms with Crippen LogP contribution >= 0.6 is 0 Å². The first-order chi connectivity index (χ1) is 10.6. The van der Waals surface area contributed by atoms with Gasteiger partial charge in [-0.3, -0.25) is 4.79 Å². The first-order valence-corrected chi connectivity index (χ1v) is 7.13. The van der Waals surface area contributed by atoms with Crippen LogP contribution < -0.4 is 5.56 Å². The van der Waals surface area contributed by atoms with Gasteiger partial charge in [-0.05, 0) is 38.1 Å². The van der Waals surface area contributed by atoms with Crippen molar-refractivity contribution in [2.24, 2.45) is 0 Å². The van der Waals surface area contributed by atoms with Gasteiger partial charge in [0.2, 0.25) is 0 Å². The first kappa shape index (κ1) is 12.8. The smallest absolute Gasteiger partial charge is 0.284 e. The van der Waals surface area contributed by atoms with Crippen LogP contribution in [0.1, 0.15) is 11.3 Å². The molecule has 0 saturated carbocycles. The zero-order chi connectivity index (χ0) is 15.3. The Morgan fingerprint density at radius 3 is 2.50 bits per heavy atom. The summed E-state index contributed by atoms with van der Waals surface area (Å²) < 4.78 is 7.21. The third-order valence-electron chi connectivity index (χ3n) is 3.88. The Hall–Kier alpha value is -2.88. The molecular formula is C18H14N2O2. The van der Waals surface area contributed by atoms with Crippen LogP contribution in [-0.4, -0.2) is 9.78 Å². The van der Waals surface area contributed by atoms with Crippen LogP contribution in [0.15, 0.2) is 57.7 Å². The molecule has 2 aliphatic rings. The van der Waals surface area contributed by atoms with Gasteiger partial charge in [0, 0.05) is 5.39 Å². The lowest BCUT2D eigenvalue weighted by atomic mass is 10.1. The maximum atomic E-state index is 12.7. The minimum absolute atomic E-state index is 0.147. The van der Waals surface area contributed by atoms with E-state index in [1.54, 1.807) is 6.92 Å². The van der Waals surface area contributed by atoms with Crippen molar-refractivity contribution in [3.8, 4) is 16.9 Å². The standard InChI is InChI=1S/C18H14N2O2/c1-11-7-9-13(10-8-11)20-18(21)16-12(2)22-15-6-4-3-5-14(15)17(16)19-20/h3-10H,1-2H3. The molecule has 0 amide bonds. The van der Waals surface area contributed by atoms with Gasteiger partial charge in [-0.2, -0.15) is 9.78 Å².